The highest BCUT2D eigenvalue weighted by Gasteiger charge is 2.19. The molecule has 29 heavy (non-hydrogen) atoms. The standard InChI is InChI=1S/C25H27NO3/c1-4-23(29-24-16-18(2)10-11-19(24)3)25(27)26-21-12-14-22(15-13-21)28-17-20-8-6-5-7-9-20/h5-16,23H,4,17H2,1-3H3,(H,26,27). The molecule has 0 radical (unpaired) electrons. The molecule has 0 saturated carbocycles. The predicted octanol–water partition coefficient (Wildman–Crippen LogP) is 5.68. The van der Waals surface area contributed by atoms with Crippen LogP contribution in [0.1, 0.15) is 30.0 Å². The molecule has 1 N–H and O–H groups in total. The van der Waals surface area contributed by atoms with Crippen LogP contribution in [0.2, 0.25) is 0 Å². The molecule has 0 aliphatic carbocycles. The van der Waals surface area contributed by atoms with Crippen molar-refractivity contribution in [3.8, 4) is 11.5 Å². The Morgan fingerprint density at radius 2 is 1.69 bits per heavy atom. The summed E-state index contributed by atoms with van der Waals surface area (Å²) in [4.78, 5) is 12.7. The first-order valence-electron chi connectivity index (χ1n) is 9.86. The van der Waals surface area contributed by atoms with Crippen LogP contribution in [0.5, 0.6) is 11.5 Å². The van der Waals surface area contributed by atoms with Gasteiger partial charge in [-0.25, -0.2) is 0 Å². The zero-order valence-electron chi connectivity index (χ0n) is 17.1. The number of aryl methyl sites for hydroxylation is 2. The van der Waals surface area contributed by atoms with Crippen LogP contribution in [0, 0.1) is 13.8 Å². The van der Waals surface area contributed by atoms with Gasteiger partial charge in [0.05, 0.1) is 0 Å². The summed E-state index contributed by atoms with van der Waals surface area (Å²) in [6.45, 7) is 6.44. The lowest BCUT2D eigenvalue weighted by Gasteiger charge is -2.19. The van der Waals surface area contributed by atoms with Gasteiger partial charge >= 0.3 is 0 Å². The van der Waals surface area contributed by atoms with E-state index in [-0.39, 0.29) is 5.91 Å². The van der Waals surface area contributed by atoms with E-state index in [4.69, 9.17) is 9.47 Å². The summed E-state index contributed by atoms with van der Waals surface area (Å²) in [5, 5.41) is 2.93. The maximum atomic E-state index is 12.7. The number of hydrogen-bond acceptors (Lipinski definition) is 3. The summed E-state index contributed by atoms with van der Waals surface area (Å²) < 4.78 is 11.8. The van der Waals surface area contributed by atoms with E-state index < -0.39 is 6.10 Å². The summed E-state index contributed by atoms with van der Waals surface area (Å²) in [5.41, 5.74) is 3.94. The van der Waals surface area contributed by atoms with Crippen molar-refractivity contribution in [2.75, 3.05) is 5.32 Å². The van der Waals surface area contributed by atoms with Crippen molar-refractivity contribution < 1.29 is 14.3 Å². The van der Waals surface area contributed by atoms with Gasteiger partial charge < -0.3 is 14.8 Å². The van der Waals surface area contributed by atoms with Crippen LogP contribution in [0.4, 0.5) is 5.69 Å². The van der Waals surface area contributed by atoms with Crippen molar-refractivity contribution in [1.82, 2.24) is 0 Å². The van der Waals surface area contributed by atoms with E-state index in [1.807, 2.05) is 93.6 Å². The highest BCUT2D eigenvalue weighted by Crippen LogP contribution is 2.22. The summed E-state index contributed by atoms with van der Waals surface area (Å²) in [6, 6.07) is 23.4. The molecule has 0 spiro atoms. The number of nitrogens with one attached hydrogen (secondary N) is 1. The zero-order valence-corrected chi connectivity index (χ0v) is 17.1. The minimum atomic E-state index is -0.551. The largest absolute Gasteiger partial charge is 0.489 e. The quantitative estimate of drug-likeness (QED) is 0.539. The van der Waals surface area contributed by atoms with Crippen LogP contribution < -0.4 is 14.8 Å². The molecular weight excluding hydrogens is 362 g/mol. The van der Waals surface area contributed by atoms with Gasteiger partial charge in [0.15, 0.2) is 6.10 Å². The van der Waals surface area contributed by atoms with Crippen molar-refractivity contribution >= 4 is 11.6 Å². The number of rotatable bonds is 8. The van der Waals surface area contributed by atoms with Crippen molar-refractivity contribution in [2.24, 2.45) is 0 Å². The molecule has 0 fully saturated rings. The van der Waals surface area contributed by atoms with Crippen LogP contribution in [0.25, 0.3) is 0 Å². The van der Waals surface area contributed by atoms with Gasteiger partial charge in [-0.15, -0.1) is 0 Å². The first-order chi connectivity index (χ1) is 14.0. The van der Waals surface area contributed by atoms with Gasteiger partial charge in [0.1, 0.15) is 18.1 Å². The normalized spacial score (nSPS) is 11.6. The molecule has 3 rings (SSSR count). The Hall–Kier alpha value is -3.27. The molecule has 1 unspecified atom stereocenters. The third-order valence-corrected chi connectivity index (χ3v) is 4.65. The monoisotopic (exact) mass is 389 g/mol. The van der Waals surface area contributed by atoms with Crippen LogP contribution in [-0.4, -0.2) is 12.0 Å². The lowest BCUT2D eigenvalue weighted by molar-refractivity contribution is -0.122. The molecule has 0 aliphatic heterocycles. The molecule has 1 atom stereocenters. The summed E-state index contributed by atoms with van der Waals surface area (Å²) in [5.74, 6) is 1.34. The SMILES string of the molecule is CCC(Oc1cc(C)ccc1C)C(=O)Nc1ccc(OCc2ccccc2)cc1. The molecule has 3 aromatic carbocycles. The third-order valence-electron chi connectivity index (χ3n) is 4.65. The van der Waals surface area contributed by atoms with Gasteiger partial charge in [0, 0.05) is 5.69 Å². The molecular formula is C25H27NO3. The topological polar surface area (TPSA) is 47.6 Å². The molecule has 150 valence electrons. The second-order valence-electron chi connectivity index (χ2n) is 7.07. The minimum Gasteiger partial charge on any atom is -0.489 e. The van der Waals surface area contributed by atoms with Crippen LogP contribution in [-0.2, 0) is 11.4 Å². The van der Waals surface area contributed by atoms with E-state index in [9.17, 15) is 4.79 Å². The highest BCUT2D eigenvalue weighted by molar-refractivity contribution is 5.94. The van der Waals surface area contributed by atoms with Gasteiger partial charge in [-0.2, -0.15) is 0 Å². The number of carbonyl (C=O) groups is 1. The second-order valence-corrected chi connectivity index (χ2v) is 7.07. The van der Waals surface area contributed by atoms with Crippen LogP contribution in [0.15, 0.2) is 72.8 Å². The number of ether oxygens (including phenoxy) is 2. The fourth-order valence-electron chi connectivity index (χ4n) is 2.91. The summed E-state index contributed by atoms with van der Waals surface area (Å²) in [7, 11) is 0. The average Bonchev–Trinajstić information content (AvgIpc) is 2.74. The van der Waals surface area contributed by atoms with Gasteiger partial charge in [-0.05, 0) is 67.3 Å². The van der Waals surface area contributed by atoms with E-state index in [0.29, 0.717) is 18.7 Å². The third kappa shape index (κ3) is 5.85. The van der Waals surface area contributed by atoms with Crippen molar-refractivity contribution in [3.05, 3.63) is 89.5 Å². The van der Waals surface area contributed by atoms with Gasteiger partial charge in [0.25, 0.3) is 5.91 Å². The Kier molecular flexibility index (Phi) is 6.90. The Morgan fingerprint density at radius 3 is 2.38 bits per heavy atom. The Morgan fingerprint density at radius 1 is 0.966 bits per heavy atom. The van der Waals surface area contributed by atoms with Crippen molar-refractivity contribution in [1.29, 1.82) is 0 Å². The molecule has 0 aliphatic rings. The molecule has 0 aromatic heterocycles. The number of carbonyl (C=O) groups excluding carboxylic acids is 1. The molecule has 3 aromatic rings. The van der Waals surface area contributed by atoms with E-state index in [1.54, 1.807) is 0 Å². The molecule has 4 nitrogen and oxygen atoms in total. The first kappa shape index (κ1) is 20.5. The number of hydrogen-bond donors (Lipinski definition) is 1. The van der Waals surface area contributed by atoms with Gasteiger partial charge in [-0.3, -0.25) is 4.79 Å². The fraction of sp³-hybridized carbons (Fsp3) is 0.240. The van der Waals surface area contributed by atoms with Gasteiger partial charge in [-0.1, -0.05) is 49.4 Å². The molecule has 1 amide bonds. The molecule has 0 heterocycles. The van der Waals surface area contributed by atoms with E-state index >= 15 is 0 Å². The zero-order chi connectivity index (χ0) is 20.6. The van der Waals surface area contributed by atoms with Crippen molar-refractivity contribution in [3.63, 3.8) is 0 Å². The van der Waals surface area contributed by atoms with E-state index in [0.717, 1.165) is 28.2 Å². The highest BCUT2D eigenvalue weighted by atomic mass is 16.5. The number of anilines is 1. The smallest absolute Gasteiger partial charge is 0.265 e. The van der Waals surface area contributed by atoms with Crippen LogP contribution >= 0.6 is 0 Å². The number of amides is 1. The molecule has 0 saturated heterocycles. The lowest BCUT2D eigenvalue weighted by Crippen LogP contribution is -2.32. The number of benzene rings is 3. The van der Waals surface area contributed by atoms with Gasteiger partial charge in [0.2, 0.25) is 0 Å². The van der Waals surface area contributed by atoms with E-state index in [1.165, 1.54) is 0 Å². The van der Waals surface area contributed by atoms with E-state index in [2.05, 4.69) is 5.32 Å². The first-order valence-corrected chi connectivity index (χ1v) is 9.86. The summed E-state index contributed by atoms with van der Waals surface area (Å²) in [6.07, 6.45) is 0.0295. The molecule has 4 heteroatoms. The summed E-state index contributed by atoms with van der Waals surface area (Å²) >= 11 is 0. The Labute approximate surface area is 172 Å². The fourth-order valence-corrected chi connectivity index (χ4v) is 2.91. The lowest BCUT2D eigenvalue weighted by atomic mass is 10.1. The van der Waals surface area contributed by atoms with Crippen molar-refractivity contribution in [2.45, 2.75) is 39.9 Å². The second kappa shape index (κ2) is 9.78. The van der Waals surface area contributed by atoms with Crippen LogP contribution in [0.3, 0.4) is 0 Å². The predicted molar refractivity (Wildman–Crippen MR) is 116 cm³/mol. The Bertz CT molecular complexity index is 936. The Balaban J connectivity index is 1.58. The maximum absolute atomic E-state index is 12.7. The minimum absolute atomic E-state index is 0.161. The molecule has 0 bridgehead atoms. The average molecular weight is 389 g/mol. The maximum Gasteiger partial charge on any atom is 0.265 e.